The molecule has 6 nitrogen and oxygen atoms in total. The van der Waals surface area contributed by atoms with Crippen molar-refractivity contribution in [2.24, 2.45) is 5.92 Å². The Morgan fingerprint density at radius 3 is 2.50 bits per heavy atom. The van der Waals surface area contributed by atoms with Crippen LogP contribution in [0.3, 0.4) is 0 Å². The number of rotatable bonds is 4. The van der Waals surface area contributed by atoms with Crippen molar-refractivity contribution in [2.45, 2.75) is 44.4 Å². The monoisotopic (exact) mass is 358 g/mol. The normalized spacial score (nSPS) is 26.7. The van der Waals surface area contributed by atoms with E-state index in [0.29, 0.717) is 19.1 Å². The maximum atomic E-state index is 12.6. The molecule has 0 aliphatic carbocycles. The molecule has 3 fully saturated rings. The number of aromatic nitrogens is 1. The van der Waals surface area contributed by atoms with Crippen LogP contribution in [0.25, 0.3) is 0 Å². The number of β-amino-alcohol motifs (C(OH)–C–C–N with tert-alkyl or cyclic N) is 1. The van der Waals surface area contributed by atoms with Crippen molar-refractivity contribution in [3.05, 3.63) is 30.1 Å². The van der Waals surface area contributed by atoms with E-state index in [1.165, 1.54) is 18.4 Å². The highest BCUT2D eigenvalue weighted by molar-refractivity contribution is 5.80. The van der Waals surface area contributed by atoms with Gasteiger partial charge in [-0.15, -0.1) is 0 Å². The molecule has 1 N–H and O–H groups in total. The Morgan fingerprint density at radius 2 is 1.81 bits per heavy atom. The largest absolute Gasteiger partial charge is 0.389 e. The summed E-state index contributed by atoms with van der Waals surface area (Å²) >= 11 is 0. The Labute approximate surface area is 155 Å². The number of amides is 1. The third kappa shape index (κ3) is 4.08. The molecule has 1 aromatic heterocycles. The van der Waals surface area contributed by atoms with E-state index in [1.54, 1.807) is 0 Å². The van der Waals surface area contributed by atoms with Crippen molar-refractivity contribution < 1.29 is 9.90 Å². The Hall–Kier alpha value is -1.50. The molecule has 0 spiro atoms. The van der Waals surface area contributed by atoms with Gasteiger partial charge in [-0.05, 0) is 63.0 Å². The number of nitrogens with zero attached hydrogens (tertiary/aromatic N) is 4. The summed E-state index contributed by atoms with van der Waals surface area (Å²) in [5.74, 6) is 0.390. The number of hydrogen-bond donors (Lipinski definition) is 1. The molecule has 4 heterocycles. The van der Waals surface area contributed by atoms with Gasteiger partial charge in [-0.2, -0.15) is 0 Å². The molecule has 26 heavy (non-hydrogen) atoms. The van der Waals surface area contributed by atoms with Crippen molar-refractivity contribution in [1.29, 1.82) is 0 Å². The zero-order valence-electron chi connectivity index (χ0n) is 15.5. The maximum absolute atomic E-state index is 12.6. The second-order valence-electron chi connectivity index (χ2n) is 8.09. The molecule has 3 saturated heterocycles. The van der Waals surface area contributed by atoms with Gasteiger partial charge in [0.15, 0.2) is 0 Å². The van der Waals surface area contributed by atoms with Gasteiger partial charge in [0.25, 0.3) is 0 Å². The lowest BCUT2D eigenvalue weighted by Gasteiger charge is -2.44. The molecule has 3 aliphatic heterocycles. The number of hydrogen-bond acceptors (Lipinski definition) is 5. The molecular formula is C20H30N4O2. The van der Waals surface area contributed by atoms with E-state index in [0.717, 1.165) is 45.6 Å². The molecule has 4 rings (SSSR count). The number of aliphatic hydroxyl groups excluding tert-OH is 1. The van der Waals surface area contributed by atoms with Crippen molar-refractivity contribution in [1.82, 2.24) is 19.7 Å². The van der Waals surface area contributed by atoms with Crippen molar-refractivity contribution >= 4 is 5.91 Å². The lowest BCUT2D eigenvalue weighted by molar-refractivity contribution is -0.148. The highest BCUT2D eigenvalue weighted by Gasteiger charge is 2.37. The first-order chi connectivity index (χ1) is 12.7. The van der Waals surface area contributed by atoms with Gasteiger partial charge in [0.1, 0.15) is 0 Å². The number of aliphatic hydroxyl groups is 1. The highest BCUT2D eigenvalue weighted by Crippen LogP contribution is 2.26. The molecular weight excluding hydrogens is 328 g/mol. The van der Waals surface area contributed by atoms with Crippen molar-refractivity contribution in [3.63, 3.8) is 0 Å². The van der Waals surface area contributed by atoms with E-state index < -0.39 is 0 Å². The minimum Gasteiger partial charge on any atom is -0.389 e. The molecule has 0 bridgehead atoms. The summed E-state index contributed by atoms with van der Waals surface area (Å²) in [6.07, 6.45) is 7.92. The Balaban J connectivity index is 1.25. The highest BCUT2D eigenvalue weighted by atomic mass is 16.3. The van der Waals surface area contributed by atoms with Crippen LogP contribution in [0.1, 0.15) is 31.2 Å². The van der Waals surface area contributed by atoms with Crippen LogP contribution in [0, 0.1) is 5.92 Å². The topological polar surface area (TPSA) is 59.9 Å². The summed E-state index contributed by atoms with van der Waals surface area (Å²) in [4.78, 5) is 23.6. The molecule has 0 aromatic carbocycles. The summed E-state index contributed by atoms with van der Waals surface area (Å²) < 4.78 is 0. The van der Waals surface area contributed by atoms with Crippen LogP contribution >= 0.6 is 0 Å². The molecule has 142 valence electrons. The fourth-order valence-electron chi connectivity index (χ4n) is 4.62. The molecule has 1 amide bonds. The lowest BCUT2D eigenvalue weighted by atomic mass is 9.92. The van der Waals surface area contributed by atoms with Gasteiger partial charge in [0, 0.05) is 44.6 Å². The molecule has 3 aliphatic rings. The number of carbonyl (C=O) groups excluding carboxylic acids is 1. The molecule has 0 saturated carbocycles. The van der Waals surface area contributed by atoms with E-state index in [-0.39, 0.29) is 17.9 Å². The number of carbonyl (C=O) groups is 1. The molecule has 1 aromatic rings. The summed E-state index contributed by atoms with van der Waals surface area (Å²) in [7, 11) is 0. The predicted molar refractivity (Wildman–Crippen MR) is 99.4 cm³/mol. The first kappa shape index (κ1) is 17.9. The predicted octanol–water partition coefficient (Wildman–Crippen LogP) is 0.961. The summed E-state index contributed by atoms with van der Waals surface area (Å²) in [6.45, 7) is 6.35. The standard InChI is InChI=1S/C20H30N4O2/c25-19-14-24(15-19)20(26)17-2-1-9-23(13-17)18-5-10-22(11-6-18)12-16-3-7-21-8-4-16/h3-4,7-8,17-19,25H,1-2,5-6,9-15H2. The average molecular weight is 358 g/mol. The average Bonchev–Trinajstić information content (AvgIpc) is 2.66. The summed E-state index contributed by atoms with van der Waals surface area (Å²) in [6, 6.07) is 4.81. The van der Waals surface area contributed by atoms with Gasteiger partial charge in [-0.25, -0.2) is 0 Å². The maximum Gasteiger partial charge on any atom is 0.227 e. The van der Waals surface area contributed by atoms with E-state index in [1.807, 2.05) is 17.3 Å². The third-order valence-corrected chi connectivity index (χ3v) is 6.21. The van der Waals surface area contributed by atoms with E-state index in [9.17, 15) is 9.90 Å². The van der Waals surface area contributed by atoms with Crippen LogP contribution in [0.2, 0.25) is 0 Å². The SMILES string of the molecule is O=C(C1CCCN(C2CCN(Cc3ccncc3)CC2)C1)N1CC(O)C1. The van der Waals surface area contributed by atoms with Crippen LogP contribution in [0.5, 0.6) is 0 Å². The van der Waals surface area contributed by atoms with Crippen LogP contribution in [-0.4, -0.2) is 82.1 Å². The fourth-order valence-corrected chi connectivity index (χ4v) is 4.62. The Morgan fingerprint density at radius 1 is 1.08 bits per heavy atom. The quantitative estimate of drug-likeness (QED) is 0.869. The second-order valence-corrected chi connectivity index (χ2v) is 8.09. The zero-order valence-corrected chi connectivity index (χ0v) is 15.5. The van der Waals surface area contributed by atoms with E-state index >= 15 is 0 Å². The molecule has 1 unspecified atom stereocenters. The number of piperidine rings is 2. The lowest BCUT2D eigenvalue weighted by Crippen LogP contribution is -2.58. The van der Waals surface area contributed by atoms with Gasteiger partial charge in [0.2, 0.25) is 5.91 Å². The van der Waals surface area contributed by atoms with Crippen LogP contribution in [0.4, 0.5) is 0 Å². The van der Waals surface area contributed by atoms with Gasteiger partial charge >= 0.3 is 0 Å². The zero-order chi connectivity index (χ0) is 17.9. The van der Waals surface area contributed by atoms with E-state index in [2.05, 4.69) is 26.9 Å². The molecule has 0 radical (unpaired) electrons. The van der Waals surface area contributed by atoms with Gasteiger partial charge in [-0.1, -0.05) is 0 Å². The van der Waals surface area contributed by atoms with Gasteiger partial charge in [-0.3, -0.25) is 19.6 Å². The Kier molecular flexibility index (Phi) is 5.52. The minimum absolute atomic E-state index is 0.131. The van der Waals surface area contributed by atoms with Crippen LogP contribution in [0.15, 0.2) is 24.5 Å². The Bertz CT molecular complexity index is 597. The minimum atomic E-state index is -0.302. The molecule has 1 atom stereocenters. The number of likely N-dealkylation sites (tertiary alicyclic amines) is 3. The van der Waals surface area contributed by atoms with Crippen LogP contribution < -0.4 is 0 Å². The van der Waals surface area contributed by atoms with Gasteiger partial charge < -0.3 is 10.0 Å². The van der Waals surface area contributed by atoms with Crippen LogP contribution in [-0.2, 0) is 11.3 Å². The first-order valence-corrected chi connectivity index (χ1v) is 10.0. The van der Waals surface area contributed by atoms with Gasteiger partial charge in [0.05, 0.1) is 12.0 Å². The van der Waals surface area contributed by atoms with Crippen molar-refractivity contribution in [3.8, 4) is 0 Å². The third-order valence-electron chi connectivity index (χ3n) is 6.21. The summed E-state index contributed by atoms with van der Waals surface area (Å²) in [5.41, 5.74) is 1.33. The summed E-state index contributed by atoms with van der Waals surface area (Å²) in [5, 5.41) is 9.44. The first-order valence-electron chi connectivity index (χ1n) is 10.0. The molecule has 6 heteroatoms. The number of pyridine rings is 1. The van der Waals surface area contributed by atoms with Crippen molar-refractivity contribution in [2.75, 3.05) is 39.3 Å². The smallest absolute Gasteiger partial charge is 0.227 e. The second kappa shape index (κ2) is 8.03. The van der Waals surface area contributed by atoms with E-state index in [4.69, 9.17) is 0 Å². The fraction of sp³-hybridized carbons (Fsp3) is 0.700.